The molecular formula is C13H17BrClN3O2. The molecule has 0 atom stereocenters. The predicted molar refractivity (Wildman–Crippen MR) is 80.8 cm³/mol. The molecule has 110 valence electrons. The molecule has 1 heterocycles. The molecule has 1 aliphatic rings. The van der Waals surface area contributed by atoms with Crippen LogP contribution in [0.2, 0.25) is 5.15 Å². The maximum Gasteiger partial charge on any atom is 0.269 e. The lowest BCUT2D eigenvalue weighted by atomic mass is 10.1. The Hall–Kier alpha value is -0.880. The van der Waals surface area contributed by atoms with Gasteiger partial charge in [0.1, 0.15) is 11.0 Å². The van der Waals surface area contributed by atoms with Gasteiger partial charge in [0.15, 0.2) is 5.15 Å². The number of carbonyl (C=O) groups excluding carboxylic acids is 1. The summed E-state index contributed by atoms with van der Waals surface area (Å²) >= 11 is 8.79. The summed E-state index contributed by atoms with van der Waals surface area (Å²) in [6.07, 6.45) is 8.10. The van der Waals surface area contributed by atoms with Crippen LogP contribution in [0, 0.1) is 0 Å². The molecule has 1 amide bonds. The van der Waals surface area contributed by atoms with Crippen LogP contribution in [0.1, 0.15) is 38.5 Å². The van der Waals surface area contributed by atoms with Crippen LogP contribution < -0.4 is 10.9 Å². The normalized spacial score (nSPS) is 16.7. The van der Waals surface area contributed by atoms with Crippen LogP contribution in [-0.2, 0) is 11.3 Å². The third-order valence-electron chi connectivity index (χ3n) is 3.47. The molecule has 1 fully saturated rings. The van der Waals surface area contributed by atoms with Gasteiger partial charge in [-0.1, -0.05) is 37.3 Å². The highest BCUT2D eigenvalue weighted by Crippen LogP contribution is 2.17. The zero-order valence-electron chi connectivity index (χ0n) is 11.1. The summed E-state index contributed by atoms with van der Waals surface area (Å²) in [4.78, 5) is 27.7. The minimum absolute atomic E-state index is 0.0297. The number of halogens is 2. The Morgan fingerprint density at radius 2 is 2.05 bits per heavy atom. The number of carbonyl (C=O) groups is 1. The van der Waals surface area contributed by atoms with Crippen LogP contribution >= 0.6 is 27.5 Å². The summed E-state index contributed by atoms with van der Waals surface area (Å²) in [5, 5.41) is 3.10. The van der Waals surface area contributed by atoms with Gasteiger partial charge >= 0.3 is 0 Å². The van der Waals surface area contributed by atoms with Gasteiger partial charge in [0.2, 0.25) is 5.91 Å². The Morgan fingerprint density at radius 3 is 2.70 bits per heavy atom. The number of nitrogens with zero attached hydrogens (tertiary/aromatic N) is 2. The van der Waals surface area contributed by atoms with Gasteiger partial charge in [-0.25, -0.2) is 4.98 Å². The van der Waals surface area contributed by atoms with E-state index in [0.29, 0.717) is 0 Å². The van der Waals surface area contributed by atoms with Crippen molar-refractivity contribution in [2.24, 2.45) is 0 Å². The maximum absolute atomic E-state index is 12.0. The van der Waals surface area contributed by atoms with E-state index in [1.165, 1.54) is 23.7 Å². The van der Waals surface area contributed by atoms with Gasteiger partial charge in [-0.2, -0.15) is 0 Å². The molecule has 7 heteroatoms. The Morgan fingerprint density at radius 1 is 1.40 bits per heavy atom. The topological polar surface area (TPSA) is 64.0 Å². The highest BCUT2D eigenvalue weighted by atomic mass is 79.9. The summed E-state index contributed by atoms with van der Waals surface area (Å²) in [5.41, 5.74) is -0.346. The molecule has 0 radical (unpaired) electrons. The zero-order chi connectivity index (χ0) is 14.5. The van der Waals surface area contributed by atoms with Gasteiger partial charge in [0.05, 0.1) is 6.33 Å². The molecule has 1 N–H and O–H groups in total. The van der Waals surface area contributed by atoms with Gasteiger partial charge < -0.3 is 5.32 Å². The lowest BCUT2D eigenvalue weighted by molar-refractivity contribution is -0.122. The van der Waals surface area contributed by atoms with Crippen LogP contribution in [0.25, 0.3) is 0 Å². The van der Waals surface area contributed by atoms with Crippen molar-refractivity contribution in [2.45, 2.75) is 51.1 Å². The summed E-state index contributed by atoms with van der Waals surface area (Å²) in [7, 11) is 0. The van der Waals surface area contributed by atoms with Crippen molar-refractivity contribution in [2.75, 3.05) is 0 Å². The van der Waals surface area contributed by atoms with Crippen molar-refractivity contribution in [1.82, 2.24) is 14.9 Å². The molecule has 0 saturated heterocycles. The number of hydrogen-bond donors (Lipinski definition) is 1. The van der Waals surface area contributed by atoms with Crippen LogP contribution in [0.4, 0.5) is 0 Å². The standard InChI is InChI=1S/C13H17BrClN3O2/c14-11-12(15)16-8-18(13(11)20)7-10(19)17-9-5-3-1-2-4-6-9/h8-9H,1-7H2,(H,17,19). The number of rotatable bonds is 3. The first kappa shape index (κ1) is 15.5. The van der Waals surface area contributed by atoms with E-state index in [-0.39, 0.29) is 33.7 Å². The van der Waals surface area contributed by atoms with Gasteiger partial charge in [0, 0.05) is 6.04 Å². The molecular weight excluding hydrogens is 346 g/mol. The molecule has 2 rings (SSSR count). The summed E-state index contributed by atoms with van der Waals surface area (Å²) in [5.74, 6) is -0.157. The van der Waals surface area contributed by atoms with Crippen LogP contribution in [0.15, 0.2) is 15.6 Å². The number of amides is 1. The highest BCUT2D eigenvalue weighted by molar-refractivity contribution is 9.10. The molecule has 1 aliphatic carbocycles. The van der Waals surface area contributed by atoms with Gasteiger partial charge in [-0.05, 0) is 28.8 Å². The molecule has 5 nitrogen and oxygen atoms in total. The van der Waals surface area contributed by atoms with E-state index < -0.39 is 0 Å². The molecule has 0 aromatic carbocycles. The molecule has 1 saturated carbocycles. The van der Waals surface area contributed by atoms with Crippen molar-refractivity contribution in [1.29, 1.82) is 0 Å². The molecule has 0 spiro atoms. The van der Waals surface area contributed by atoms with Crippen LogP contribution in [-0.4, -0.2) is 21.5 Å². The van der Waals surface area contributed by atoms with E-state index in [9.17, 15) is 9.59 Å². The van der Waals surface area contributed by atoms with E-state index in [4.69, 9.17) is 11.6 Å². The third-order valence-corrected chi connectivity index (χ3v) is 4.70. The predicted octanol–water partition coefficient (Wildman–Crippen LogP) is 2.50. The molecule has 20 heavy (non-hydrogen) atoms. The average molecular weight is 363 g/mol. The molecule has 1 aromatic rings. The average Bonchev–Trinajstić information content (AvgIpc) is 2.68. The minimum atomic E-state index is -0.346. The van der Waals surface area contributed by atoms with Crippen molar-refractivity contribution >= 4 is 33.4 Å². The first-order valence-electron chi connectivity index (χ1n) is 6.77. The number of hydrogen-bond acceptors (Lipinski definition) is 3. The van der Waals surface area contributed by atoms with E-state index in [1.807, 2.05) is 0 Å². The second-order valence-electron chi connectivity index (χ2n) is 5.04. The second-order valence-corrected chi connectivity index (χ2v) is 6.19. The Kier molecular flexibility index (Phi) is 5.60. The first-order valence-corrected chi connectivity index (χ1v) is 7.95. The largest absolute Gasteiger partial charge is 0.352 e. The molecule has 0 unspecified atom stereocenters. The van der Waals surface area contributed by atoms with Gasteiger partial charge in [-0.15, -0.1) is 0 Å². The lowest BCUT2D eigenvalue weighted by Crippen LogP contribution is -2.38. The minimum Gasteiger partial charge on any atom is -0.352 e. The maximum atomic E-state index is 12.0. The Labute approximate surface area is 130 Å². The molecule has 0 aliphatic heterocycles. The fraction of sp³-hybridized carbons (Fsp3) is 0.615. The Bertz CT molecular complexity index is 539. The summed E-state index contributed by atoms with van der Waals surface area (Å²) in [6.45, 7) is -0.0297. The quantitative estimate of drug-likeness (QED) is 0.664. The monoisotopic (exact) mass is 361 g/mol. The fourth-order valence-corrected chi connectivity index (χ4v) is 2.86. The smallest absolute Gasteiger partial charge is 0.269 e. The van der Waals surface area contributed by atoms with Crippen LogP contribution in [0.3, 0.4) is 0 Å². The van der Waals surface area contributed by atoms with E-state index >= 15 is 0 Å². The molecule has 0 bridgehead atoms. The molecule has 1 aromatic heterocycles. The van der Waals surface area contributed by atoms with Gasteiger partial charge in [0.25, 0.3) is 5.56 Å². The summed E-state index contributed by atoms with van der Waals surface area (Å²) < 4.78 is 1.44. The first-order chi connectivity index (χ1) is 9.58. The zero-order valence-corrected chi connectivity index (χ0v) is 13.4. The number of aromatic nitrogens is 2. The SMILES string of the molecule is O=C(Cn1cnc(Cl)c(Br)c1=O)NC1CCCCCC1. The van der Waals surface area contributed by atoms with Crippen molar-refractivity contribution in [3.63, 3.8) is 0 Å². The second kappa shape index (κ2) is 7.22. The van der Waals surface area contributed by atoms with E-state index in [0.717, 1.165) is 25.7 Å². The Balaban J connectivity index is 1.97. The van der Waals surface area contributed by atoms with Crippen molar-refractivity contribution in [3.05, 3.63) is 26.3 Å². The third kappa shape index (κ3) is 4.06. The van der Waals surface area contributed by atoms with Crippen molar-refractivity contribution in [3.8, 4) is 0 Å². The number of nitrogens with one attached hydrogen (secondary N) is 1. The highest BCUT2D eigenvalue weighted by Gasteiger charge is 2.16. The summed E-state index contributed by atoms with van der Waals surface area (Å²) in [6, 6.07) is 0.226. The van der Waals surface area contributed by atoms with Crippen LogP contribution in [0.5, 0.6) is 0 Å². The fourth-order valence-electron chi connectivity index (χ4n) is 2.41. The van der Waals surface area contributed by atoms with Gasteiger partial charge in [-0.3, -0.25) is 14.2 Å². The van der Waals surface area contributed by atoms with Crippen molar-refractivity contribution < 1.29 is 4.79 Å². The van der Waals surface area contributed by atoms with E-state index in [1.54, 1.807) is 0 Å². The lowest BCUT2D eigenvalue weighted by Gasteiger charge is -2.16. The van der Waals surface area contributed by atoms with E-state index in [2.05, 4.69) is 26.2 Å².